The average molecular weight is 302 g/mol. The molecule has 22 heavy (non-hydrogen) atoms. The quantitative estimate of drug-likeness (QED) is 0.802. The fourth-order valence-electron chi connectivity index (χ4n) is 2.22. The number of nitrogens with zero attached hydrogens (tertiary/aromatic N) is 1. The summed E-state index contributed by atoms with van der Waals surface area (Å²) in [7, 11) is 0. The van der Waals surface area contributed by atoms with E-state index in [0.717, 1.165) is 22.8 Å². The number of fused-ring (bicyclic) bond motifs is 1. The number of urea groups is 1. The number of rotatable bonds is 4. The predicted molar refractivity (Wildman–Crippen MR) is 79.8 cm³/mol. The van der Waals surface area contributed by atoms with Crippen LogP contribution in [0, 0.1) is 0 Å². The zero-order chi connectivity index (χ0) is 15.4. The number of nitrogens with one attached hydrogen (secondary N) is 3. The molecule has 7 heteroatoms. The molecule has 1 aromatic heterocycles. The number of benzene rings is 1. The van der Waals surface area contributed by atoms with Crippen molar-refractivity contribution in [2.45, 2.75) is 19.5 Å². The molecule has 3 rings (SSSR count). The molecule has 1 aliphatic heterocycles. The van der Waals surface area contributed by atoms with Crippen LogP contribution in [0.5, 0.6) is 11.5 Å². The highest BCUT2D eigenvalue weighted by molar-refractivity contribution is 5.74. The van der Waals surface area contributed by atoms with E-state index in [1.807, 2.05) is 31.2 Å². The Bertz CT molecular complexity index is 642. The highest BCUT2D eigenvalue weighted by atomic mass is 16.6. The van der Waals surface area contributed by atoms with E-state index in [-0.39, 0.29) is 12.1 Å². The third-order valence-electron chi connectivity index (χ3n) is 3.41. The number of aromatic nitrogens is 2. The first-order chi connectivity index (χ1) is 10.7. The monoisotopic (exact) mass is 302 g/mol. The fourth-order valence-corrected chi connectivity index (χ4v) is 2.22. The molecule has 0 bridgehead atoms. The first-order valence-corrected chi connectivity index (χ1v) is 7.14. The Hall–Kier alpha value is -2.70. The number of hydrogen-bond acceptors (Lipinski definition) is 4. The Labute approximate surface area is 128 Å². The Morgan fingerprint density at radius 2 is 2.14 bits per heavy atom. The third-order valence-corrected chi connectivity index (χ3v) is 3.41. The minimum Gasteiger partial charge on any atom is -0.486 e. The summed E-state index contributed by atoms with van der Waals surface area (Å²) < 4.78 is 11.0. The van der Waals surface area contributed by atoms with Gasteiger partial charge < -0.3 is 20.1 Å². The number of carbonyl (C=O) groups excluding carboxylic acids is 1. The van der Waals surface area contributed by atoms with Crippen LogP contribution in [0.25, 0.3) is 0 Å². The van der Waals surface area contributed by atoms with Crippen LogP contribution in [0.15, 0.2) is 30.5 Å². The summed E-state index contributed by atoms with van der Waals surface area (Å²) >= 11 is 0. The van der Waals surface area contributed by atoms with Gasteiger partial charge in [-0.15, -0.1) is 0 Å². The second-order valence-electron chi connectivity index (χ2n) is 5.03. The average Bonchev–Trinajstić information content (AvgIpc) is 3.06. The largest absolute Gasteiger partial charge is 0.486 e. The van der Waals surface area contributed by atoms with E-state index >= 15 is 0 Å². The maximum atomic E-state index is 11.9. The van der Waals surface area contributed by atoms with Crippen molar-refractivity contribution in [3.05, 3.63) is 41.7 Å². The number of H-pyrrole nitrogens is 1. The molecule has 0 unspecified atom stereocenters. The molecule has 1 aliphatic rings. The number of amides is 2. The predicted octanol–water partition coefficient (Wildman–Crippen LogP) is 1.74. The molecule has 7 nitrogen and oxygen atoms in total. The molecular formula is C15H18N4O3. The molecule has 2 amide bonds. The molecular weight excluding hydrogens is 284 g/mol. The summed E-state index contributed by atoms with van der Waals surface area (Å²) in [6, 6.07) is 7.12. The highest BCUT2D eigenvalue weighted by Crippen LogP contribution is 2.32. The molecule has 2 heterocycles. The van der Waals surface area contributed by atoms with Crippen molar-refractivity contribution in [1.82, 2.24) is 20.8 Å². The van der Waals surface area contributed by atoms with Crippen molar-refractivity contribution in [2.75, 3.05) is 13.2 Å². The van der Waals surface area contributed by atoms with Crippen LogP contribution in [-0.2, 0) is 6.54 Å². The van der Waals surface area contributed by atoms with Crippen LogP contribution in [0.1, 0.15) is 24.2 Å². The van der Waals surface area contributed by atoms with Gasteiger partial charge in [0.05, 0.1) is 18.3 Å². The van der Waals surface area contributed by atoms with Gasteiger partial charge in [-0.3, -0.25) is 5.10 Å². The molecule has 0 fully saturated rings. The van der Waals surface area contributed by atoms with E-state index in [4.69, 9.17) is 9.47 Å². The second kappa shape index (κ2) is 6.38. The zero-order valence-corrected chi connectivity index (χ0v) is 12.3. The number of ether oxygens (including phenoxy) is 2. The highest BCUT2D eigenvalue weighted by Gasteiger charge is 2.15. The molecule has 0 aliphatic carbocycles. The van der Waals surface area contributed by atoms with Crippen molar-refractivity contribution in [3.8, 4) is 11.5 Å². The van der Waals surface area contributed by atoms with Crippen molar-refractivity contribution < 1.29 is 14.3 Å². The van der Waals surface area contributed by atoms with Gasteiger partial charge in [0.2, 0.25) is 0 Å². The normalized spacial score (nSPS) is 14.2. The molecule has 0 saturated carbocycles. The summed E-state index contributed by atoms with van der Waals surface area (Å²) in [6.07, 6.45) is 1.65. The van der Waals surface area contributed by atoms with E-state index < -0.39 is 0 Å². The lowest BCUT2D eigenvalue weighted by Gasteiger charge is -2.21. The number of aromatic amines is 1. The van der Waals surface area contributed by atoms with Crippen LogP contribution in [0.2, 0.25) is 0 Å². The fraction of sp³-hybridized carbons (Fsp3) is 0.333. The van der Waals surface area contributed by atoms with Crippen LogP contribution < -0.4 is 20.1 Å². The van der Waals surface area contributed by atoms with Gasteiger partial charge >= 0.3 is 6.03 Å². The van der Waals surface area contributed by atoms with Crippen molar-refractivity contribution in [2.24, 2.45) is 0 Å². The minimum atomic E-state index is -0.239. The zero-order valence-electron chi connectivity index (χ0n) is 12.3. The van der Waals surface area contributed by atoms with Crippen molar-refractivity contribution in [1.29, 1.82) is 0 Å². The maximum Gasteiger partial charge on any atom is 0.315 e. The maximum absolute atomic E-state index is 11.9. The molecule has 3 N–H and O–H groups in total. The van der Waals surface area contributed by atoms with E-state index in [1.54, 1.807) is 6.20 Å². The summed E-state index contributed by atoms with van der Waals surface area (Å²) in [5.41, 5.74) is 1.81. The van der Waals surface area contributed by atoms with Gasteiger partial charge in [-0.05, 0) is 30.7 Å². The lowest BCUT2D eigenvalue weighted by molar-refractivity contribution is 0.171. The summed E-state index contributed by atoms with van der Waals surface area (Å²) in [5, 5.41) is 12.3. The SMILES string of the molecule is C[C@@H](NC(=O)NCc1ccn[nH]1)c1ccc2c(c1)OCCO2. The van der Waals surface area contributed by atoms with Crippen molar-refractivity contribution >= 4 is 6.03 Å². The Balaban J connectivity index is 1.56. The lowest BCUT2D eigenvalue weighted by atomic mass is 10.1. The topological polar surface area (TPSA) is 88.3 Å². The number of carbonyl (C=O) groups is 1. The first kappa shape index (κ1) is 14.2. The lowest BCUT2D eigenvalue weighted by Crippen LogP contribution is -2.36. The molecule has 116 valence electrons. The van der Waals surface area contributed by atoms with Crippen LogP contribution >= 0.6 is 0 Å². The molecule has 0 radical (unpaired) electrons. The summed E-state index contributed by atoms with van der Waals surface area (Å²) in [4.78, 5) is 11.9. The van der Waals surface area contributed by atoms with Crippen LogP contribution in [0.3, 0.4) is 0 Å². The Morgan fingerprint density at radius 1 is 1.32 bits per heavy atom. The summed E-state index contributed by atoms with van der Waals surface area (Å²) in [5.74, 6) is 1.46. The minimum absolute atomic E-state index is 0.141. The first-order valence-electron chi connectivity index (χ1n) is 7.14. The van der Waals surface area contributed by atoms with Crippen molar-refractivity contribution in [3.63, 3.8) is 0 Å². The van der Waals surface area contributed by atoms with Gasteiger partial charge in [-0.2, -0.15) is 5.10 Å². The van der Waals surface area contributed by atoms with Crippen LogP contribution in [0.4, 0.5) is 4.79 Å². The second-order valence-corrected chi connectivity index (χ2v) is 5.03. The Kier molecular flexibility index (Phi) is 4.13. The molecule has 0 saturated heterocycles. The Morgan fingerprint density at radius 3 is 2.91 bits per heavy atom. The molecule has 1 aromatic carbocycles. The molecule has 2 aromatic rings. The summed E-state index contributed by atoms with van der Waals surface area (Å²) in [6.45, 7) is 3.43. The number of hydrogen-bond donors (Lipinski definition) is 3. The molecule has 1 atom stereocenters. The van der Waals surface area contributed by atoms with E-state index in [2.05, 4.69) is 20.8 Å². The standard InChI is InChI=1S/C15H18N4O3/c1-10(18-15(20)16-9-12-4-5-17-19-12)11-2-3-13-14(8-11)22-7-6-21-13/h2-5,8,10H,6-7,9H2,1H3,(H,17,19)(H2,16,18,20)/t10-/m1/s1. The van der Waals surface area contributed by atoms with Gasteiger partial charge in [-0.25, -0.2) is 4.79 Å². The smallest absolute Gasteiger partial charge is 0.315 e. The van der Waals surface area contributed by atoms with E-state index in [0.29, 0.717) is 19.8 Å². The third kappa shape index (κ3) is 3.30. The van der Waals surface area contributed by atoms with Crippen LogP contribution in [-0.4, -0.2) is 29.4 Å². The van der Waals surface area contributed by atoms with E-state index in [1.165, 1.54) is 0 Å². The van der Waals surface area contributed by atoms with Gasteiger partial charge in [0, 0.05) is 6.20 Å². The molecule has 0 spiro atoms. The van der Waals surface area contributed by atoms with Gasteiger partial charge in [0.25, 0.3) is 0 Å². The van der Waals surface area contributed by atoms with Gasteiger partial charge in [0.1, 0.15) is 13.2 Å². The van der Waals surface area contributed by atoms with Gasteiger partial charge in [0.15, 0.2) is 11.5 Å². The van der Waals surface area contributed by atoms with Gasteiger partial charge in [-0.1, -0.05) is 6.07 Å². The van der Waals surface area contributed by atoms with E-state index in [9.17, 15) is 4.79 Å².